The Morgan fingerprint density at radius 3 is 2.07 bits per heavy atom. The summed E-state index contributed by atoms with van der Waals surface area (Å²) in [7, 11) is 0. The predicted molar refractivity (Wildman–Crippen MR) is 117 cm³/mol. The number of primary amides is 1. The molecule has 0 saturated carbocycles. The summed E-state index contributed by atoms with van der Waals surface area (Å²) in [5.74, 6) is -1.40. The minimum absolute atomic E-state index is 0.268. The summed E-state index contributed by atoms with van der Waals surface area (Å²) >= 11 is 0. The third-order valence-corrected chi connectivity index (χ3v) is 4.89. The first kappa shape index (κ1) is 21.0. The van der Waals surface area contributed by atoms with Crippen molar-refractivity contribution < 1.29 is 14.4 Å². The highest BCUT2D eigenvalue weighted by Crippen LogP contribution is 2.17. The molecule has 2 atom stereocenters. The van der Waals surface area contributed by atoms with Crippen LogP contribution in [0, 0.1) is 0 Å². The van der Waals surface area contributed by atoms with Gasteiger partial charge in [0.2, 0.25) is 17.7 Å². The molecule has 154 valence electrons. The first-order valence-electron chi connectivity index (χ1n) is 9.81. The molecule has 6 heteroatoms. The van der Waals surface area contributed by atoms with Gasteiger partial charge in [0.05, 0.1) is 0 Å². The molecule has 0 aromatic heterocycles. The van der Waals surface area contributed by atoms with Gasteiger partial charge in [-0.2, -0.15) is 0 Å². The molecule has 4 N–H and O–H groups in total. The van der Waals surface area contributed by atoms with Gasteiger partial charge in [0.25, 0.3) is 0 Å². The van der Waals surface area contributed by atoms with Gasteiger partial charge in [0, 0.05) is 19.8 Å². The van der Waals surface area contributed by atoms with E-state index in [2.05, 4.69) is 10.6 Å². The summed E-state index contributed by atoms with van der Waals surface area (Å²) < 4.78 is 0. The van der Waals surface area contributed by atoms with Gasteiger partial charge in [-0.3, -0.25) is 14.4 Å². The smallest absolute Gasteiger partial charge is 0.243 e. The van der Waals surface area contributed by atoms with E-state index in [9.17, 15) is 14.4 Å². The van der Waals surface area contributed by atoms with E-state index in [1.807, 2.05) is 72.8 Å². The van der Waals surface area contributed by atoms with Crippen molar-refractivity contribution in [3.63, 3.8) is 0 Å². The van der Waals surface area contributed by atoms with Gasteiger partial charge in [0.1, 0.15) is 12.1 Å². The van der Waals surface area contributed by atoms with Gasteiger partial charge in [0.15, 0.2) is 0 Å². The Bertz CT molecular complexity index is 1050. The lowest BCUT2D eigenvalue weighted by Crippen LogP contribution is -2.54. The summed E-state index contributed by atoms with van der Waals surface area (Å²) in [5.41, 5.74) is 7.34. The van der Waals surface area contributed by atoms with E-state index in [-0.39, 0.29) is 12.3 Å². The van der Waals surface area contributed by atoms with Crippen molar-refractivity contribution in [2.24, 2.45) is 5.73 Å². The fourth-order valence-corrected chi connectivity index (χ4v) is 3.40. The van der Waals surface area contributed by atoms with E-state index >= 15 is 0 Å². The molecule has 3 aromatic carbocycles. The summed E-state index contributed by atoms with van der Waals surface area (Å²) in [6.07, 6.45) is 0.581. The van der Waals surface area contributed by atoms with Crippen LogP contribution in [-0.2, 0) is 27.2 Å². The van der Waals surface area contributed by atoms with E-state index in [0.717, 1.165) is 21.9 Å². The Morgan fingerprint density at radius 1 is 0.767 bits per heavy atom. The molecule has 0 unspecified atom stereocenters. The predicted octanol–water partition coefficient (Wildman–Crippen LogP) is 2.10. The van der Waals surface area contributed by atoms with Crippen LogP contribution in [0.25, 0.3) is 10.8 Å². The lowest BCUT2D eigenvalue weighted by atomic mass is 10.00. The van der Waals surface area contributed by atoms with Crippen LogP contribution >= 0.6 is 0 Å². The van der Waals surface area contributed by atoms with Gasteiger partial charge in [-0.15, -0.1) is 0 Å². The maximum Gasteiger partial charge on any atom is 0.243 e. The van der Waals surface area contributed by atoms with Crippen LogP contribution < -0.4 is 16.4 Å². The number of nitrogens with one attached hydrogen (secondary N) is 2. The molecule has 30 heavy (non-hydrogen) atoms. The molecule has 6 nitrogen and oxygen atoms in total. The molecule has 0 aliphatic rings. The number of carbonyl (C=O) groups excluding carboxylic acids is 3. The largest absolute Gasteiger partial charge is 0.368 e. The lowest BCUT2D eigenvalue weighted by molar-refractivity contribution is -0.130. The Hall–Kier alpha value is -3.67. The van der Waals surface area contributed by atoms with Gasteiger partial charge in [-0.25, -0.2) is 0 Å². The minimum Gasteiger partial charge on any atom is -0.368 e. The van der Waals surface area contributed by atoms with Gasteiger partial charge >= 0.3 is 0 Å². The normalized spacial score (nSPS) is 12.7. The molecule has 3 aromatic rings. The Kier molecular flexibility index (Phi) is 6.80. The van der Waals surface area contributed by atoms with Gasteiger partial charge in [-0.1, -0.05) is 72.8 Å². The Balaban J connectivity index is 1.74. The maximum atomic E-state index is 12.9. The molecule has 0 heterocycles. The number of nitrogens with two attached hydrogens (primary N) is 1. The quantitative estimate of drug-likeness (QED) is 0.537. The van der Waals surface area contributed by atoms with Crippen molar-refractivity contribution in [1.82, 2.24) is 10.6 Å². The second-order valence-corrected chi connectivity index (χ2v) is 7.29. The van der Waals surface area contributed by atoms with Crippen LogP contribution in [-0.4, -0.2) is 29.8 Å². The average molecular weight is 403 g/mol. The number of benzene rings is 3. The summed E-state index contributed by atoms with van der Waals surface area (Å²) in [6.45, 7) is 1.35. The maximum absolute atomic E-state index is 12.9. The molecule has 0 aliphatic heterocycles. The molecule has 0 bridgehead atoms. The SMILES string of the molecule is CC(=O)N[C@H](Cc1ccccc1)C(=O)N[C@H](Cc1ccc2ccccc2c1)C(N)=O. The Morgan fingerprint density at radius 2 is 1.40 bits per heavy atom. The fraction of sp³-hybridized carbons (Fsp3) is 0.208. The van der Waals surface area contributed by atoms with E-state index in [0.29, 0.717) is 6.42 Å². The molecule has 0 fully saturated rings. The lowest BCUT2D eigenvalue weighted by Gasteiger charge is -2.22. The third-order valence-electron chi connectivity index (χ3n) is 4.89. The van der Waals surface area contributed by atoms with E-state index in [4.69, 9.17) is 5.73 Å². The van der Waals surface area contributed by atoms with E-state index in [1.54, 1.807) is 0 Å². The van der Waals surface area contributed by atoms with Crippen molar-refractivity contribution >= 4 is 28.5 Å². The number of rotatable bonds is 8. The minimum atomic E-state index is -0.884. The number of amides is 3. The van der Waals surface area contributed by atoms with Crippen molar-refractivity contribution in [2.45, 2.75) is 31.8 Å². The number of carbonyl (C=O) groups is 3. The average Bonchev–Trinajstić information content (AvgIpc) is 2.73. The molecular weight excluding hydrogens is 378 g/mol. The number of hydrogen-bond donors (Lipinski definition) is 3. The summed E-state index contributed by atoms with van der Waals surface area (Å²) in [6, 6.07) is 21.5. The third kappa shape index (κ3) is 5.67. The molecule has 0 radical (unpaired) electrons. The monoisotopic (exact) mass is 403 g/mol. The zero-order valence-electron chi connectivity index (χ0n) is 16.8. The molecule has 0 saturated heterocycles. The summed E-state index contributed by atoms with van der Waals surface area (Å²) in [5, 5.41) is 7.51. The number of fused-ring (bicyclic) bond motifs is 1. The van der Waals surface area contributed by atoms with Crippen LogP contribution in [0.2, 0.25) is 0 Å². The van der Waals surface area contributed by atoms with E-state index in [1.165, 1.54) is 6.92 Å². The second-order valence-electron chi connectivity index (χ2n) is 7.29. The highest BCUT2D eigenvalue weighted by Gasteiger charge is 2.25. The topological polar surface area (TPSA) is 101 Å². The summed E-state index contributed by atoms with van der Waals surface area (Å²) in [4.78, 5) is 36.5. The van der Waals surface area contributed by atoms with Crippen LogP contribution in [0.15, 0.2) is 72.8 Å². The van der Waals surface area contributed by atoms with Crippen LogP contribution in [0.3, 0.4) is 0 Å². The molecule has 3 amide bonds. The van der Waals surface area contributed by atoms with Gasteiger partial charge < -0.3 is 16.4 Å². The Labute approximate surface area is 175 Å². The standard InChI is InChI=1S/C24H25N3O3/c1-16(28)26-22(14-17-7-3-2-4-8-17)24(30)27-21(23(25)29)15-18-11-12-19-9-5-6-10-20(19)13-18/h2-13,21-22H,14-15H2,1H3,(H2,25,29)(H,26,28)(H,27,30)/t21-,22-/m1/s1. The molecule has 3 rings (SSSR count). The molecule has 0 spiro atoms. The van der Waals surface area contributed by atoms with Crippen molar-refractivity contribution in [2.75, 3.05) is 0 Å². The van der Waals surface area contributed by atoms with Crippen molar-refractivity contribution in [3.05, 3.63) is 83.9 Å². The van der Waals surface area contributed by atoms with Crippen LogP contribution in [0.5, 0.6) is 0 Å². The van der Waals surface area contributed by atoms with Crippen molar-refractivity contribution in [1.29, 1.82) is 0 Å². The molecular formula is C24H25N3O3. The highest BCUT2D eigenvalue weighted by atomic mass is 16.2. The van der Waals surface area contributed by atoms with Gasteiger partial charge in [-0.05, 0) is 21.9 Å². The highest BCUT2D eigenvalue weighted by molar-refractivity contribution is 5.91. The fourth-order valence-electron chi connectivity index (χ4n) is 3.40. The van der Waals surface area contributed by atoms with Crippen LogP contribution in [0.4, 0.5) is 0 Å². The van der Waals surface area contributed by atoms with E-state index < -0.39 is 23.9 Å². The first-order valence-corrected chi connectivity index (χ1v) is 9.81. The molecule has 0 aliphatic carbocycles. The zero-order chi connectivity index (χ0) is 21.5. The zero-order valence-corrected chi connectivity index (χ0v) is 16.8. The first-order chi connectivity index (χ1) is 14.4. The van der Waals surface area contributed by atoms with Crippen molar-refractivity contribution in [3.8, 4) is 0 Å². The number of hydrogen-bond acceptors (Lipinski definition) is 3. The van der Waals surface area contributed by atoms with Crippen LogP contribution in [0.1, 0.15) is 18.1 Å². The second kappa shape index (κ2) is 9.69.